The van der Waals surface area contributed by atoms with Crippen LogP contribution in [0.5, 0.6) is 0 Å². The summed E-state index contributed by atoms with van der Waals surface area (Å²) in [5, 5.41) is 0. The molecule has 0 amide bonds. The summed E-state index contributed by atoms with van der Waals surface area (Å²) in [6.07, 6.45) is -4.70. The SMILES string of the molecule is Fc1cc2nc(Cl)sc2cc1C(F)(F)F. The topological polar surface area (TPSA) is 12.9 Å². The largest absolute Gasteiger partial charge is 0.419 e. The minimum absolute atomic E-state index is 0.0868. The number of rotatable bonds is 0. The summed E-state index contributed by atoms with van der Waals surface area (Å²) >= 11 is 6.38. The minimum atomic E-state index is -4.70. The average Bonchev–Trinajstić information content (AvgIpc) is 2.40. The van der Waals surface area contributed by atoms with Crippen molar-refractivity contribution >= 4 is 33.2 Å². The molecule has 1 heterocycles. The number of hydrogen-bond donors (Lipinski definition) is 0. The predicted octanol–water partition coefficient (Wildman–Crippen LogP) is 4.11. The van der Waals surface area contributed by atoms with Crippen LogP contribution in [0.2, 0.25) is 4.47 Å². The van der Waals surface area contributed by atoms with Crippen LogP contribution in [0, 0.1) is 5.82 Å². The van der Waals surface area contributed by atoms with Crippen molar-refractivity contribution in [2.24, 2.45) is 0 Å². The fourth-order valence-corrected chi connectivity index (χ4v) is 2.19. The Balaban J connectivity index is 2.72. The van der Waals surface area contributed by atoms with Gasteiger partial charge >= 0.3 is 6.18 Å². The molecule has 0 fully saturated rings. The van der Waals surface area contributed by atoms with Crippen LogP contribution in [0.15, 0.2) is 12.1 Å². The number of benzene rings is 1. The van der Waals surface area contributed by atoms with E-state index in [9.17, 15) is 17.6 Å². The standard InChI is InChI=1S/C8H2ClF4NS/c9-7-14-5-2-4(10)3(8(11,12)13)1-6(5)15-7/h1-2H. The molecule has 2 rings (SSSR count). The molecule has 1 nitrogen and oxygen atoms in total. The third-order valence-corrected chi connectivity index (χ3v) is 2.88. The molecule has 0 aliphatic carbocycles. The van der Waals surface area contributed by atoms with Gasteiger partial charge in [-0.25, -0.2) is 9.37 Å². The molecule has 0 bridgehead atoms. The highest BCUT2D eigenvalue weighted by molar-refractivity contribution is 7.22. The minimum Gasteiger partial charge on any atom is -0.225 e. The zero-order valence-corrected chi connectivity index (χ0v) is 8.47. The lowest BCUT2D eigenvalue weighted by atomic mass is 10.2. The first-order valence-electron chi connectivity index (χ1n) is 3.71. The van der Waals surface area contributed by atoms with Crippen LogP contribution in [0.3, 0.4) is 0 Å². The predicted molar refractivity (Wildman–Crippen MR) is 49.6 cm³/mol. The molecule has 0 unspecified atom stereocenters. The van der Waals surface area contributed by atoms with Gasteiger partial charge in [0.2, 0.25) is 0 Å². The molecule has 1 aromatic carbocycles. The van der Waals surface area contributed by atoms with Crippen molar-refractivity contribution in [1.82, 2.24) is 4.98 Å². The summed E-state index contributed by atoms with van der Waals surface area (Å²) in [4.78, 5) is 3.67. The van der Waals surface area contributed by atoms with E-state index < -0.39 is 17.6 Å². The molecular weight excluding hydrogens is 254 g/mol. The second kappa shape index (κ2) is 3.31. The number of aromatic nitrogens is 1. The number of halogens is 5. The van der Waals surface area contributed by atoms with Gasteiger partial charge in [-0.2, -0.15) is 13.2 Å². The normalized spacial score (nSPS) is 12.3. The van der Waals surface area contributed by atoms with E-state index in [0.717, 1.165) is 17.4 Å². The average molecular weight is 256 g/mol. The van der Waals surface area contributed by atoms with Crippen molar-refractivity contribution in [3.63, 3.8) is 0 Å². The first-order chi connectivity index (χ1) is 6.88. The van der Waals surface area contributed by atoms with Crippen LogP contribution >= 0.6 is 22.9 Å². The molecule has 7 heteroatoms. The van der Waals surface area contributed by atoms with E-state index in [-0.39, 0.29) is 14.7 Å². The van der Waals surface area contributed by atoms with Gasteiger partial charge in [0.15, 0.2) is 4.47 Å². The molecule has 0 N–H and O–H groups in total. The van der Waals surface area contributed by atoms with Crippen LogP contribution in [0.1, 0.15) is 5.56 Å². The molecule has 2 aromatic rings. The maximum Gasteiger partial charge on any atom is 0.419 e. The first kappa shape index (κ1) is 10.6. The van der Waals surface area contributed by atoms with E-state index in [4.69, 9.17) is 11.6 Å². The first-order valence-corrected chi connectivity index (χ1v) is 4.90. The van der Waals surface area contributed by atoms with E-state index in [2.05, 4.69) is 4.98 Å². The van der Waals surface area contributed by atoms with E-state index in [1.165, 1.54) is 0 Å². The Morgan fingerprint density at radius 2 is 1.93 bits per heavy atom. The number of thiazole rings is 1. The van der Waals surface area contributed by atoms with Gasteiger partial charge < -0.3 is 0 Å². The summed E-state index contributed by atoms with van der Waals surface area (Å²) < 4.78 is 50.2. The zero-order valence-electron chi connectivity index (χ0n) is 6.90. The van der Waals surface area contributed by atoms with Crippen molar-refractivity contribution in [2.75, 3.05) is 0 Å². The molecule has 0 saturated heterocycles. The summed E-state index contributed by atoms with van der Waals surface area (Å²) in [5.74, 6) is -1.34. The van der Waals surface area contributed by atoms with E-state index >= 15 is 0 Å². The molecule has 80 valence electrons. The monoisotopic (exact) mass is 255 g/mol. The maximum absolute atomic E-state index is 13.0. The Morgan fingerprint density at radius 1 is 1.27 bits per heavy atom. The molecule has 1 aromatic heterocycles. The van der Waals surface area contributed by atoms with Crippen LogP contribution in [0.4, 0.5) is 17.6 Å². The van der Waals surface area contributed by atoms with Crippen molar-refractivity contribution in [3.8, 4) is 0 Å². The Bertz CT molecular complexity index is 519. The smallest absolute Gasteiger partial charge is 0.225 e. The fraction of sp³-hybridized carbons (Fsp3) is 0.125. The van der Waals surface area contributed by atoms with Crippen molar-refractivity contribution in [3.05, 3.63) is 28.0 Å². The van der Waals surface area contributed by atoms with E-state index in [1.54, 1.807) is 0 Å². The van der Waals surface area contributed by atoms with Gasteiger partial charge in [0, 0.05) is 6.07 Å². The second-order valence-corrected chi connectivity index (χ2v) is 4.38. The van der Waals surface area contributed by atoms with Gasteiger partial charge in [-0.1, -0.05) is 11.6 Å². The van der Waals surface area contributed by atoms with Gasteiger partial charge in [-0.05, 0) is 6.07 Å². The number of hydrogen-bond acceptors (Lipinski definition) is 2. The summed E-state index contributed by atoms with van der Waals surface area (Å²) in [7, 11) is 0. The fourth-order valence-electron chi connectivity index (χ4n) is 1.14. The lowest BCUT2D eigenvalue weighted by Crippen LogP contribution is -2.07. The third kappa shape index (κ3) is 1.91. The van der Waals surface area contributed by atoms with Gasteiger partial charge in [0.1, 0.15) is 5.82 Å². The summed E-state index contributed by atoms with van der Waals surface area (Å²) in [5.41, 5.74) is -1.16. The Labute approximate surface area is 90.3 Å². The third-order valence-electron chi connectivity index (χ3n) is 1.76. The molecule has 0 saturated carbocycles. The molecule has 0 aliphatic heterocycles. The number of fused-ring (bicyclic) bond motifs is 1. The molecule has 0 spiro atoms. The van der Waals surface area contributed by atoms with Crippen molar-refractivity contribution in [2.45, 2.75) is 6.18 Å². The van der Waals surface area contributed by atoms with Crippen LogP contribution < -0.4 is 0 Å². The summed E-state index contributed by atoms with van der Waals surface area (Å²) in [6.45, 7) is 0. The van der Waals surface area contributed by atoms with Crippen LogP contribution in [-0.4, -0.2) is 4.98 Å². The van der Waals surface area contributed by atoms with Crippen molar-refractivity contribution < 1.29 is 17.6 Å². The molecule has 0 aliphatic rings. The molecular formula is C8H2ClF4NS. The van der Waals surface area contributed by atoms with Gasteiger partial charge in [-0.15, -0.1) is 11.3 Å². The highest BCUT2D eigenvalue weighted by Gasteiger charge is 2.34. The maximum atomic E-state index is 13.0. The van der Waals surface area contributed by atoms with Crippen LogP contribution in [-0.2, 0) is 6.18 Å². The Kier molecular flexibility index (Phi) is 2.35. The highest BCUT2D eigenvalue weighted by Crippen LogP contribution is 2.36. The van der Waals surface area contributed by atoms with Crippen molar-refractivity contribution in [1.29, 1.82) is 0 Å². The molecule has 0 radical (unpaired) electrons. The summed E-state index contributed by atoms with van der Waals surface area (Å²) in [6, 6.07) is 1.45. The zero-order chi connectivity index (χ0) is 11.2. The lowest BCUT2D eigenvalue weighted by molar-refractivity contribution is -0.139. The number of nitrogens with zero attached hydrogens (tertiary/aromatic N) is 1. The Morgan fingerprint density at radius 3 is 2.53 bits per heavy atom. The Hall–Kier alpha value is -0.880. The highest BCUT2D eigenvalue weighted by atomic mass is 35.5. The second-order valence-electron chi connectivity index (χ2n) is 2.76. The van der Waals surface area contributed by atoms with Gasteiger partial charge in [0.05, 0.1) is 15.8 Å². The number of alkyl halides is 3. The lowest BCUT2D eigenvalue weighted by Gasteiger charge is -2.06. The quantitative estimate of drug-likeness (QED) is 0.646. The van der Waals surface area contributed by atoms with Gasteiger partial charge in [-0.3, -0.25) is 0 Å². The van der Waals surface area contributed by atoms with Crippen LogP contribution in [0.25, 0.3) is 10.2 Å². The molecule has 15 heavy (non-hydrogen) atoms. The van der Waals surface area contributed by atoms with E-state index in [1.807, 2.05) is 0 Å². The van der Waals surface area contributed by atoms with E-state index in [0.29, 0.717) is 6.07 Å². The molecule has 0 atom stereocenters. The van der Waals surface area contributed by atoms with Gasteiger partial charge in [0.25, 0.3) is 0 Å².